The Hall–Kier alpha value is -0.470. The molecule has 0 spiro atoms. The second-order valence-electron chi connectivity index (χ2n) is 5.50. The highest BCUT2D eigenvalue weighted by Gasteiger charge is 2.17. The molecule has 2 heteroatoms. The molecule has 0 bridgehead atoms. The van der Waals surface area contributed by atoms with Gasteiger partial charge in [-0.25, -0.2) is 0 Å². The van der Waals surface area contributed by atoms with Crippen molar-refractivity contribution in [3.63, 3.8) is 0 Å². The van der Waals surface area contributed by atoms with Gasteiger partial charge in [0.2, 0.25) is 0 Å². The van der Waals surface area contributed by atoms with Crippen molar-refractivity contribution in [1.82, 2.24) is 5.32 Å². The van der Waals surface area contributed by atoms with E-state index in [1.807, 2.05) is 11.8 Å². The average Bonchev–Trinajstić information content (AvgIpc) is 2.40. The third kappa shape index (κ3) is 5.03. The van der Waals surface area contributed by atoms with E-state index < -0.39 is 0 Å². The van der Waals surface area contributed by atoms with E-state index in [1.165, 1.54) is 42.9 Å². The number of hydrogen-bond donors (Lipinski definition) is 1. The lowest BCUT2D eigenvalue weighted by Crippen LogP contribution is -2.28. The summed E-state index contributed by atoms with van der Waals surface area (Å²) in [5.41, 5.74) is 0. The Kier molecular flexibility index (Phi) is 6.09. The van der Waals surface area contributed by atoms with Gasteiger partial charge < -0.3 is 5.32 Å². The molecule has 100 valence electrons. The average molecular weight is 263 g/mol. The highest BCUT2D eigenvalue weighted by molar-refractivity contribution is 7.99. The van der Waals surface area contributed by atoms with Crippen LogP contribution in [0.15, 0.2) is 35.2 Å². The first-order valence-electron chi connectivity index (χ1n) is 7.23. The Morgan fingerprint density at radius 2 is 2.06 bits per heavy atom. The molecular formula is C16H25NS. The third-order valence-electron chi connectivity index (χ3n) is 3.77. The van der Waals surface area contributed by atoms with E-state index in [4.69, 9.17) is 0 Å². The predicted octanol–water partition coefficient (Wildman–Crippen LogP) is 4.19. The fraction of sp³-hybridized carbons (Fsp3) is 0.625. The van der Waals surface area contributed by atoms with Crippen LogP contribution in [0.5, 0.6) is 0 Å². The van der Waals surface area contributed by atoms with E-state index in [0.29, 0.717) is 0 Å². The molecule has 2 rings (SSSR count). The number of nitrogens with one attached hydrogen (secondary N) is 1. The lowest BCUT2D eigenvalue weighted by Gasteiger charge is -2.26. The molecule has 0 aliphatic heterocycles. The van der Waals surface area contributed by atoms with Gasteiger partial charge in [0.05, 0.1) is 0 Å². The molecule has 1 aromatic carbocycles. The second kappa shape index (κ2) is 7.85. The van der Waals surface area contributed by atoms with Crippen LogP contribution in [0.1, 0.15) is 32.6 Å². The molecule has 0 heterocycles. The summed E-state index contributed by atoms with van der Waals surface area (Å²) in [6.45, 7) is 4.75. The van der Waals surface area contributed by atoms with Crippen LogP contribution in [0.2, 0.25) is 0 Å². The fourth-order valence-corrected chi connectivity index (χ4v) is 3.64. The van der Waals surface area contributed by atoms with Gasteiger partial charge in [0, 0.05) is 17.2 Å². The van der Waals surface area contributed by atoms with Gasteiger partial charge in [-0.05, 0) is 43.4 Å². The fourth-order valence-electron chi connectivity index (χ4n) is 2.81. The normalized spacial score (nSPS) is 24.1. The summed E-state index contributed by atoms with van der Waals surface area (Å²) in [5, 5.41) is 3.63. The van der Waals surface area contributed by atoms with E-state index in [0.717, 1.165) is 18.4 Å². The molecule has 1 saturated carbocycles. The van der Waals surface area contributed by atoms with Gasteiger partial charge in [0.25, 0.3) is 0 Å². The first kappa shape index (κ1) is 14.0. The summed E-state index contributed by atoms with van der Waals surface area (Å²) in [6.07, 6.45) is 5.74. The van der Waals surface area contributed by atoms with Gasteiger partial charge in [0.15, 0.2) is 0 Å². The van der Waals surface area contributed by atoms with Gasteiger partial charge in [-0.1, -0.05) is 38.0 Å². The standard InChI is InChI=1S/C16H25NS/c1-14-6-5-7-15(12-14)13-17-10-11-18-16-8-3-2-4-9-16/h2-4,8-9,14-15,17H,5-7,10-13H2,1H3. The largest absolute Gasteiger partial charge is 0.316 e. The van der Waals surface area contributed by atoms with Crippen molar-refractivity contribution in [2.24, 2.45) is 11.8 Å². The molecule has 2 atom stereocenters. The van der Waals surface area contributed by atoms with Crippen molar-refractivity contribution in [2.45, 2.75) is 37.5 Å². The van der Waals surface area contributed by atoms with Gasteiger partial charge in [-0.2, -0.15) is 0 Å². The van der Waals surface area contributed by atoms with Crippen LogP contribution < -0.4 is 5.32 Å². The molecule has 1 aliphatic rings. The van der Waals surface area contributed by atoms with Crippen molar-refractivity contribution in [1.29, 1.82) is 0 Å². The molecule has 18 heavy (non-hydrogen) atoms. The third-order valence-corrected chi connectivity index (χ3v) is 4.78. The number of rotatable bonds is 6. The Morgan fingerprint density at radius 1 is 1.22 bits per heavy atom. The minimum Gasteiger partial charge on any atom is -0.316 e. The zero-order chi connectivity index (χ0) is 12.6. The van der Waals surface area contributed by atoms with E-state index >= 15 is 0 Å². The van der Waals surface area contributed by atoms with Crippen molar-refractivity contribution in [3.05, 3.63) is 30.3 Å². The molecule has 0 amide bonds. The van der Waals surface area contributed by atoms with Crippen molar-refractivity contribution in [3.8, 4) is 0 Å². The van der Waals surface area contributed by atoms with Crippen molar-refractivity contribution in [2.75, 3.05) is 18.8 Å². The number of thioether (sulfide) groups is 1. The van der Waals surface area contributed by atoms with E-state index in [9.17, 15) is 0 Å². The minimum absolute atomic E-state index is 0.926. The van der Waals surface area contributed by atoms with Crippen LogP contribution >= 0.6 is 11.8 Å². The molecule has 2 unspecified atom stereocenters. The smallest absolute Gasteiger partial charge is 0.0106 e. The summed E-state index contributed by atoms with van der Waals surface area (Å²) in [4.78, 5) is 1.38. The maximum Gasteiger partial charge on any atom is 0.0106 e. The summed E-state index contributed by atoms with van der Waals surface area (Å²) >= 11 is 1.95. The van der Waals surface area contributed by atoms with Gasteiger partial charge in [-0.3, -0.25) is 0 Å². The Bertz CT molecular complexity index is 325. The maximum absolute atomic E-state index is 3.63. The summed E-state index contributed by atoms with van der Waals surface area (Å²) < 4.78 is 0. The molecule has 1 aliphatic carbocycles. The SMILES string of the molecule is CC1CCCC(CNCCSc2ccccc2)C1. The van der Waals surface area contributed by atoms with E-state index in [2.05, 4.69) is 42.6 Å². The highest BCUT2D eigenvalue weighted by atomic mass is 32.2. The number of hydrogen-bond acceptors (Lipinski definition) is 2. The molecule has 1 fully saturated rings. The molecule has 0 radical (unpaired) electrons. The zero-order valence-electron chi connectivity index (χ0n) is 11.4. The van der Waals surface area contributed by atoms with Crippen LogP contribution in [0.25, 0.3) is 0 Å². The second-order valence-corrected chi connectivity index (χ2v) is 6.67. The van der Waals surface area contributed by atoms with Crippen molar-refractivity contribution >= 4 is 11.8 Å². The Labute approximate surface area is 116 Å². The first-order valence-corrected chi connectivity index (χ1v) is 8.21. The van der Waals surface area contributed by atoms with Crippen LogP contribution in [-0.4, -0.2) is 18.8 Å². The lowest BCUT2D eigenvalue weighted by molar-refractivity contribution is 0.276. The highest BCUT2D eigenvalue weighted by Crippen LogP contribution is 2.27. The van der Waals surface area contributed by atoms with Crippen LogP contribution in [0, 0.1) is 11.8 Å². The van der Waals surface area contributed by atoms with E-state index in [-0.39, 0.29) is 0 Å². The van der Waals surface area contributed by atoms with Gasteiger partial charge in [0.1, 0.15) is 0 Å². The number of benzene rings is 1. The van der Waals surface area contributed by atoms with Gasteiger partial charge in [-0.15, -0.1) is 11.8 Å². The Balaban J connectivity index is 1.53. The summed E-state index contributed by atoms with van der Waals surface area (Å²) in [7, 11) is 0. The maximum atomic E-state index is 3.63. The molecule has 0 aromatic heterocycles. The quantitative estimate of drug-likeness (QED) is 0.610. The summed E-state index contributed by atoms with van der Waals surface area (Å²) in [6, 6.07) is 10.7. The van der Waals surface area contributed by atoms with Crippen LogP contribution in [-0.2, 0) is 0 Å². The van der Waals surface area contributed by atoms with E-state index in [1.54, 1.807) is 0 Å². The Morgan fingerprint density at radius 3 is 2.83 bits per heavy atom. The molecule has 1 aromatic rings. The van der Waals surface area contributed by atoms with Crippen LogP contribution in [0.4, 0.5) is 0 Å². The predicted molar refractivity (Wildman–Crippen MR) is 81.2 cm³/mol. The monoisotopic (exact) mass is 263 g/mol. The lowest BCUT2D eigenvalue weighted by atomic mass is 9.82. The molecule has 1 nitrogen and oxygen atoms in total. The molecule has 1 N–H and O–H groups in total. The molecule has 0 saturated heterocycles. The topological polar surface area (TPSA) is 12.0 Å². The van der Waals surface area contributed by atoms with Crippen LogP contribution in [0.3, 0.4) is 0 Å². The minimum atomic E-state index is 0.926. The van der Waals surface area contributed by atoms with Crippen molar-refractivity contribution < 1.29 is 0 Å². The summed E-state index contributed by atoms with van der Waals surface area (Å²) in [5.74, 6) is 3.05. The van der Waals surface area contributed by atoms with Gasteiger partial charge >= 0.3 is 0 Å². The molecular weight excluding hydrogens is 238 g/mol. The first-order chi connectivity index (χ1) is 8.84. The zero-order valence-corrected chi connectivity index (χ0v) is 12.2.